The van der Waals surface area contributed by atoms with E-state index in [0.717, 1.165) is 33.1 Å². The van der Waals surface area contributed by atoms with Crippen molar-refractivity contribution in [2.24, 2.45) is 0 Å². The lowest BCUT2D eigenvalue weighted by Crippen LogP contribution is -1.88. The summed E-state index contributed by atoms with van der Waals surface area (Å²) in [6.07, 6.45) is 13.5. The maximum Gasteiger partial charge on any atom is 0.159 e. The summed E-state index contributed by atoms with van der Waals surface area (Å²) in [6, 6.07) is 3.81. The minimum absolute atomic E-state index is 0.639. The Hall–Kier alpha value is -4.40. The molecule has 6 aromatic rings. The van der Waals surface area contributed by atoms with Crippen molar-refractivity contribution in [1.29, 1.82) is 0 Å². The minimum atomic E-state index is 0.639. The maximum atomic E-state index is 5.21. The van der Waals surface area contributed by atoms with Gasteiger partial charge < -0.3 is 9.40 Å². The molecule has 29 heavy (non-hydrogen) atoms. The molecule has 0 amide bonds. The molecule has 0 bridgehead atoms. The number of fused-ring (bicyclic) bond motifs is 2. The standard InChI is InChI=1S/C20H12N8O/c1-4-29-10-11(1)13-6-22-8-17-18(13)26-20(25-17)19-12-5-14(16-7-21-2-3-23-16)24-9-15(12)27-28-19/h1-10H,(H,25,26)(H,27,28). The van der Waals surface area contributed by atoms with Crippen molar-refractivity contribution in [3.05, 3.63) is 61.8 Å². The van der Waals surface area contributed by atoms with Gasteiger partial charge >= 0.3 is 0 Å². The third kappa shape index (κ3) is 2.48. The van der Waals surface area contributed by atoms with Gasteiger partial charge in [-0.2, -0.15) is 5.10 Å². The van der Waals surface area contributed by atoms with Gasteiger partial charge in [0.1, 0.15) is 16.9 Å². The predicted molar refractivity (Wildman–Crippen MR) is 105 cm³/mol. The summed E-state index contributed by atoms with van der Waals surface area (Å²) < 4.78 is 5.21. The minimum Gasteiger partial charge on any atom is -0.472 e. The third-order valence-corrected chi connectivity index (χ3v) is 4.72. The predicted octanol–water partition coefficient (Wildman–Crippen LogP) is 3.61. The van der Waals surface area contributed by atoms with Crippen LogP contribution in [0.1, 0.15) is 0 Å². The van der Waals surface area contributed by atoms with E-state index < -0.39 is 0 Å². The van der Waals surface area contributed by atoms with Crippen molar-refractivity contribution >= 4 is 21.9 Å². The molecule has 2 N–H and O–H groups in total. The number of nitrogens with zero attached hydrogens (tertiary/aromatic N) is 6. The van der Waals surface area contributed by atoms with E-state index in [9.17, 15) is 0 Å². The number of aromatic amines is 2. The van der Waals surface area contributed by atoms with Crippen LogP contribution in [0.5, 0.6) is 0 Å². The van der Waals surface area contributed by atoms with Gasteiger partial charge in [-0.1, -0.05) is 0 Å². The summed E-state index contributed by atoms with van der Waals surface area (Å²) in [6.45, 7) is 0. The lowest BCUT2D eigenvalue weighted by Gasteiger charge is -1.99. The molecule has 0 radical (unpaired) electrons. The summed E-state index contributed by atoms with van der Waals surface area (Å²) in [4.78, 5) is 25.3. The lowest BCUT2D eigenvalue weighted by atomic mass is 10.1. The van der Waals surface area contributed by atoms with E-state index in [2.05, 4.69) is 35.1 Å². The van der Waals surface area contributed by atoms with Crippen molar-refractivity contribution in [3.8, 4) is 34.0 Å². The van der Waals surface area contributed by atoms with Crippen molar-refractivity contribution < 1.29 is 4.42 Å². The van der Waals surface area contributed by atoms with Crippen molar-refractivity contribution in [2.45, 2.75) is 0 Å². The SMILES string of the molecule is c1cnc(-c2cc3c(-c4nc5c(-c6ccoc6)cncc5[nH]4)n[nH]c3cn2)cn1. The van der Waals surface area contributed by atoms with Gasteiger partial charge in [0.25, 0.3) is 0 Å². The van der Waals surface area contributed by atoms with Crippen LogP contribution in [0.4, 0.5) is 0 Å². The first-order valence-corrected chi connectivity index (χ1v) is 8.84. The number of aromatic nitrogens is 8. The molecule has 0 saturated carbocycles. The molecule has 0 saturated heterocycles. The zero-order valence-electron chi connectivity index (χ0n) is 14.9. The summed E-state index contributed by atoms with van der Waals surface area (Å²) >= 11 is 0. The molecular weight excluding hydrogens is 368 g/mol. The fourth-order valence-electron chi connectivity index (χ4n) is 3.34. The van der Waals surface area contributed by atoms with Crippen LogP contribution in [0.3, 0.4) is 0 Å². The zero-order chi connectivity index (χ0) is 19.2. The Morgan fingerprint density at radius 2 is 1.90 bits per heavy atom. The number of nitrogens with one attached hydrogen (secondary N) is 2. The Balaban J connectivity index is 1.53. The van der Waals surface area contributed by atoms with Gasteiger partial charge in [-0.05, 0) is 12.1 Å². The van der Waals surface area contributed by atoms with E-state index in [1.165, 1.54) is 0 Å². The number of imidazole rings is 1. The van der Waals surface area contributed by atoms with Crippen LogP contribution in [0.15, 0.2) is 66.3 Å². The van der Waals surface area contributed by atoms with E-state index >= 15 is 0 Å². The smallest absolute Gasteiger partial charge is 0.159 e. The molecule has 0 aliphatic heterocycles. The third-order valence-electron chi connectivity index (χ3n) is 4.72. The second kappa shape index (κ2) is 6.06. The normalized spacial score (nSPS) is 11.4. The number of H-pyrrole nitrogens is 2. The number of hydrogen-bond acceptors (Lipinski definition) is 7. The van der Waals surface area contributed by atoms with Gasteiger partial charge in [0.05, 0.1) is 47.8 Å². The number of furan rings is 1. The molecule has 0 unspecified atom stereocenters. The summed E-state index contributed by atoms with van der Waals surface area (Å²) in [5.41, 5.74) is 6.34. The second-order valence-corrected chi connectivity index (χ2v) is 6.46. The van der Waals surface area contributed by atoms with E-state index in [-0.39, 0.29) is 0 Å². The molecule has 0 spiro atoms. The Morgan fingerprint density at radius 1 is 0.897 bits per heavy atom. The first-order valence-electron chi connectivity index (χ1n) is 8.84. The van der Waals surface area contributed by atoms with Gasteiger partial charge in [-0.15, -0.1) is 0 Å². The fourth-order valence-corrected chi connectivity index (χ4v) is 3.34. The maximum absolute atomic E-state index is 5.21. The first kappa shape index (κ1) is 15.6. The van der Waals surface area contributed by atoms with E-state index in [1.54, 1.807) is 49.7 Å². The van der Waals surface area contributed by atoms with Crippen LogP contribution in [0.2, 0.25) is 0 Å². The average molecular weight is 380 g/mol. The Kier molecular flexibility index (Phi) is 3.27. The highest BCUT2D eigenvalue weighted by Gasteiger charge is 2.17. The molecular formula is C20H12N8O. The molecule has 6 heterocycles. The van der Waals surface area contributed by atoms with Gasteiger partial charge in [0, 0.05) is 35.1 Å². The number of hydrogen-bond donors (Lipinski definition) is 2. The largest absolute Gasteiger partial charge is 0.472 e. The van der Waals surface area contributed by atoms with Crippen LogP contribution in [-0.2, 0) is 0 Å². The highest BCUT2D eigenvalue weighted by Crippen LogP contribution is 2.31. The molecule has 0 atom stereocenters. The Morgan fingerprint density at radius 3 is 2.76 bits per heavy atom. The fraction of sp³-hybridized carbons (Fsp3) is 0. The number of rotatable bonds is 3. The van der Waals surface area contributed by atoms with Gasteiger partial charge in [0.2, 0.25) is 0 Å². The molecule has 9 heteroatoms. The molecule has 0 aromatic carbocycles. The molecule has 0 fully saturated rings. The highest BCUT2D eigenvalue weighted by molar-refractivity contribution is 5.97. The van der Waals surface area contributed by atoms with Crippen molar-refractivity contribution in [3.63, 3.8) is 0 Å². The van der Waals surface area contributed by atoms with E-state index in [0.29, 0.717) is 22.9 Å². The van der Waals surface area contributed by atoms with Crippen molar-refractivity contribution in [1.82, 2.24) is 40.1 Å². The Bertz CT molecular complexity index is 1450. The van der Waals surface area contributed by atoms with Crippen molar-refractivity contribution in [2.75, 3.05) is 0 Å². The summed E-state index contributed by atoms with van der Waals surface area (Å²) in [5.74, 6) is 0.639. The van der Waals surface area contributed by atoms with Crippen LogP contribution >= 0.6 is 0 Å². The molecule has 6 aromatic heterocycles. The topological polar surface area (TPSA) is 122 Å². The molecule has 9 nitrogen and oxygen atoms in total. The summed E-state index contributed by atoms with van der Waals surface area (Å²) in [7, 11) is 0. The monoisotopic (exact) mass is 380 g/mol. The van der Waals surface area contributed by atoms with Crippen LogP contribution in [0, 0.1) is 0 Å². The molecule has 0 aliphatic carbocycles. The quantitative estimate of drug-likeness (QED) is 0.481. The highest BCUT2D eigenvalue weighted by atomic mass is 16.3. The van der Waals surface area contributed by atoms with Crippen LogP contribution in [0.25, 0.3) is 56.0 Å². The van der Waals surface area contributed by atoms with E-state index in [4.69, 9.17) is 9.40 Å². The Labute approximate surface area is 162 Å². The van der Waals surface area contributed by atoms with Crippen LogP contribution < -0.4 is 0 Å². The van der Waals surface area contributed by atoms with Crippen LogP contribution in [-0.4, -0.2) is 40.1 Å². The molecule has 6 rings (SSSR count). The van der Waals surface area contributed by atoms with Gasteiger partial charge in [-0.3, -0.25) is 25.0 Å². The molecule has 138 valence electrons. The number of pyridine rings is 2. The van der Waals surface area contributed by atoms with E-state index in [1.807, 2.05) is 12.1 Å². The molecule has 0 aliphatic rings. The first-order chi connectivity index (χ1) is 14.4. The lowest BCUT2D eigenvalue weighted by molar-refractivity contribution is 0.568. The average Bonchev–Trinajstić information content (AvgIpc) is 3.52. The van der Waals surface area contributed by atoms with Gasteiger partial charge in [0.15, 0.2) is 5.82 Å². The summed E-state index contributed by atoms with van der Waals surface area (Å²) in [5, 5.41) is 8.35. The second-order valence-electron chi connectivity index (χ2n) is 6.46. The van der Waals surface area contributed by atoms with Gasteiger partial charge in [-0.25, -0.2) is 4.98 Å². The zero-order valence-corrected chi connectivity index (χ0v) is 14.9.